The number of benzene rings is 2. The molecule has 0 fully saturated rings. The van der Waals surface area contributed by atoms with Gasteiger partial charge in [0.25, 0.3) is 0 Å². The first kappa shape index (κ1) is 17.8. The molecule has 0 saturated carbocycles. The highest BCUT2D eigenvalue weighted by Crippen LogP contribution is 2.34. The molecule has 4 aromatic rings. The predicted molar refractivity (Wildman–Crippen MR) is 113 cm³/mol. The van der Waals surface area contributed by atoms with Crippen LogP contribution in [0.1, 0.15) is 5.56 Å². The smallest absolute Gasteiger partial charge is 0.128 e. The first-order valence-electron chi connectivity index (χ1n) is 8.55. The zero-order valence-electron chi connectivity index (χ0n) is 14.8. The van der Waals surface area contributed by atoms with Gasteiger partial charge in [0.2, 0.25) is 0 Å². The van der Waals surface area contributed by atoms with Gasteiger partial charge in [-0.1, -0.05) is 42.5 Å². The van der Waals surface area contributed by atoms with E-state index in [2.05, 4.69) is 40.7 Å². The quantitative estimate of drug-likeness (QED) is 0.369. The molecule has 0 unspecified atom stereocenters. The molecule has 0 bridgehead atoms. The van der Waals surface area contributed by atoms with E-state index in [4.69, 9.17) is 9.72 Å². The molecule has 2 heterocycles. The number of thioether (sulfide) groups is 1. The molecule has 0 N–H and O–H groups in total. The van der Waals surface area contributed by atoms with Gasteiger partial charge in [-0.05, 0) is 29.8 Å². The summed E-state index contributed by atoms with van der Waals surface area (Å²) in [5.74, 6) is 1.74. The summed E-state index contributed by atoms with van der Waals surface area (Å²) in [5, 5.41) is 4.06. The van der Waals surface area contributed by atoms with Crippen molar-refractivity contribution in [3.05, 3.63) is 83.9 Å². The molecule has 5 heteroatoms. The minimum Gasteiger partial charge on any atom is -0.496 e. The van der Waals surface area contributed by atoms with Gasteiger partial charge in [0.05, 0.1) is 17.8 Å². The number of rotatable bonds is 6. The van der Waals surface area contributed by atoms with Crippen molar-refractivity contribution < 1.29 is 4.74 Å². The molecule has 0 amide bonds. The van der Waals surface area contributed by atoms with Crippen molar-refractivity contribution in [3.8, 4) is 27.6 Å². The normalized spacial score (nSPS) is 10.7. The first-order chi connectivity index (χ1) is 13.3. The fraction of sp³-hybridized carbons (Fsp3) is 0.0909. The van der Waals surface area contributed by atoms with E-state index in [1.807, 2.05) is 42.6 Å². The fourth-order valence-electron chi connectivity index (χ4n) is 2.74. The second-order valence-electron chi connectivity index (χ2n) is 5.90. The summed E-state index contributed by atoms with van der Waals surface area (Å²) in [6, 6.07) is 22.5. The highest BCUT2D eigenvalue weighted by Gasteiger charge is 2.11. The molecule has 0 aliphatic rings. The van der Waals surface area contributed by atoms with Crippen molar-refractivity contribution in [2.75, 3.05) is 7.11 Å². The first-order valence-corrected chi connectivity index (χ1v) is 10.4. The Hall–Kier alpha value is -2.63. The van der Waals surface area contributed by atoms with Crippen LogP contribution in [-0.4, -0.2) is 17.1 Å². The third kappa shape index (κ3) is 4.21. The Labute approximate surface area is 167 Å². The number of nitrogens with zero attached hydrogens (tertiary/aromatic N) is 2. The fourth-order valence-corrected chi connectivity index (χ4v) is 4.41. The molecule has 3 nitrogen and oxygen atoms in total. The highest BCUT2D eigenvalue weighted by molar-refractivity contribution is 7.98. The van der Waals surface area contributed by atoms with Gasteiger partial charge in [0.15, 0.2) is 0 Å². The number of methoxy groups -OCH3 is 1. The van der Waals surface area contributed by atoms with Crippen LogP contribution in [0.4, 0.5) is 0 Å². The van der Waals surface area contributed by atoms with Crippen molar-refractivity contribution in [3.63, 3.8) is 0 Å². The van der Waals surface area contributed by atoms with E-state index in [-0.39, 0.29) is 0 Å². The van der Waals surface area contributed by atoms with Gasteiger partial charge in [-0.25, -0.2) is 9.97 Å². The minimum atomic E-state index is 0.836. The van der Waals surface area contributed by atoms with E-state index in [0.29, 0.717) is 0 Å². The molecule has 134 valence electrons. The van der Waals surface area contributed by atoms with Crippen LogP contribution in [-0.2, 0) is 5.75 Å². The van der Waals surface area contributed by atoms with Crippen molar-refractivity contribution in [1.29, 1.82) is 0 Å². The van der Waals surface area contributed by atoms with E-state index in [1.165, 1.54) is 5.56 Å². The SMILES string of the molecule is COc1ccccc1-c1csc(-c2ccnc(SCc3ccccc3)c2)n1. The monoisotopic (exact) mass is 390 g/mol. The summed E-state index contributed by atoms with van der Waals surface area (Å²) in [6.45, 7) is 0. The lowest BCUT2D eigenvalue weighted by Gasteiger charge is -2.05. The van der Waals surface area contributed by atoms with Crippen LogP contribution < -0.4 is 4.74 Å². The third-order valence-corrected chi connectivity index (χ3v) is 5.99. The van der Waals surface area contributed by atoms with Gasteiger partial charge in [-0.2, -0.15) is 0 Å². The highest BCUT2D eigenvalue weighted by atomic mass is 32.2. The Morgan fingerprint density at radius 1 is 1.00 bits per heavy atom. The molecule has 2 aromatic heterocycles. The van der Waals surface area contributed by atoms with E-state index in [1.54, 1.807) is 30.2 Å². The second-order valence-corrected chi connectivity index (χ2v) is 7.75. The van der Waals surface area contributed by atoms with Gasteiger partial charge in [-0.15, -0.1) is 23.1 Å². The molecule has 0 spiro atoms. The summed E-state index contributed by atoms with van der Waals surface area (Å²) in [5.41, 5.74) is 4.33. The van der Waals surface area contributed by atoms with Crippen LogP contribution in [0.15, 0.2) is 83.3 Å². The summed E-state index contributed by atoms with van der Waals surface area (Å²) in [7, 11) is 1.69. The van der Waals surface area contributed by atoms with Gasteiger partial charge < -0.3 is 4.74 Å². The minimum absolute atomic E-state index is 0.836. The summed E-state index contributed by atoms with van der Waals surface area (Å²) >= 11 is 3.37. The van der Waals surface area contributed by atoms with Crippen LogP contribution >= 0.6 is 23.1 Å². The molecule has 0 aliphatic heterocycles. The van der Waals surface area contributed by atoms with Crippen molar-refractivity contribution in [2.24, 2.45) is 0 Å². The van der Waals surface area contributed by atoms with Gasteiger partial charge >= 0.3 is 0 Å². The van der Waals surface area contributed by atoms with Crippen LogP contribution in [0.5, 0.6) is 5.75 Å². The summed E-state index contributed by atoms with van der Waals surface area (Å²) < 4.78 is 5.46. The zero-order chi connectivity index (χ0) is 18.5. The maximum Gasteiger partial charge on any atom is 0.128 e. The molecular formula is C22H18N2OS2. The van der Waals surface area contributed by atoms with Crippen LogP contribution in [0.3, 0.4) is 0 Å². The Kier molecular flexibility index (Phi) is 5.51. The Bertz CT molecular complexity index is 1030. The van der Waals surface area contributed by atoms with Crippen molar-refractivity contribution in [2.45, 2.75) is 10.8 Å². The molecular weight excluding hydrogens is 372 g/mol. The van der Waals surface area contributed by atoms with Crippen LogP contribution in [0.25, 0.3) is 21.8 Å². The molecule has 27 heavy (non-hydrogen) atoms. The second kappa shape index (κ2) is 8.37. The largest absolute Gasteiger partial charge is 0.496 e. The number of hydrogen-bond acceptors (Lipinski definition) is 5. The number of thiazole rings is 1. The predicted octanol–water partition coefficient (Wildman–Crippen LogP) is 6.17. The van der Waals surface area contributed by atoms with Gasteiger partial charge in [-0.3, -0.25) is 0 Å². The van der Waals surface area contributed by atoms with E-state index < -0.39 is 0 Å². The summed E-state index contributed by atoms with van der Waals surface area (Å²) in [4.78, 5) is 9.31. The maximum absolute atomic E-state index is 5.46. The average Bonchev–Trinajstić information content (AvgIpc) is 3.23. The van der Waals surface area contributed by atoms with E-state index in [9.17, 15) is 0 Å². The Morgan fingerprint density at radius 3 is 2.67 bits per heavy atom. The molecule has 4 rings (SSSR count). The Morgan fingerprint density at radius 2 is 1.81 bits per heavy atom. The van der Waals surface area contributed by atoms with E-state index in [0.717, 1.165) is 38.4 Å². The molecule has 0 radical (unpaired) electrons. The molecule has 0 aliphatic carbocycles. The summed E-state index contributed by atoms with van der Waals surface area (Å²) in [6.07, 6.45) is 1.85. The van der Waals surface area contributed by atoms with Crippen molar-refractivity contribution in [1.82, 2.24) is 9.97 Å². The topological polar surface area (TPSA) is 35.0 Å². The maximum atomic E-state index is 5.46. The lowest BCUT2D eigenvalue weighted by molar-refractivity contribution is 0.416. The van der Waals surface area contributed by atoms with Crippen molar-refractivity contribution >= 4 is 23.1 Å². The number of hydrogen-bond donors (Lipinski definition) is 0. The Balaban J connectivity index is 1.55. The molecule has 0 atom stereocenters. The zero-order valence-corrected chi connectivity index (χ0v) is 16.5. The van der Waals surface area contributed by atoms with Gasteiger partial charge in [0, 0.05) is 28.5 Å². The molecule has 0 saturated heterocycles. The third-order valence-electron chi connectivity index (χ3n) is 4.10. The van der Waals surface area contributed by atoms with Crippen LogP contribution in [0, 0.1) is 0 Å². The number of ether oxygens (including phenoxy) is 1. The van der Waals surface area contributed by atoms with Gasteiger partial charge in [0.1, 0.15) is 10.8 Å². The van der Waals surface area contributed by atoms with Crippen LogP contribution in [0.2, 0.25) is 0 Å². The lowest BCUT2D eigenvalue weighted by atomic mass is 10.1. The number of para-hydroxylation sites is 1. The standard InChI is InChI=1S/C22H18N2OS2/c1-25-20-10-6-5-9-18(20)19-15-27-22(24-19)17-11-12-23-21(13-17)26-14-16-7-3-2-4-8-16/h2-13,15H,14H2,1H3. The lowest BCUT2D eigenvalue weighted by Crippen LogP contribution is -1.88. The number of pyridine rings is 1. The average molecular weight is 391 g/mol. The molecule has 2 aromatic carbocycles. The van der Waals surface area contributed by atoms with E-state index >= 15 is 0 Å². The number of aromatic nitrogens is 2.